The highest BCUT2D eigenvalue weighted by Crippen LogP contribution is 2.41. The van der Waals surface area contributed by atoms with Gasteiger partial charge in [-0.3, -0.25) is 0 Å². The zero-order valence-corrected chi connectivity index (χ0v) is 16.7. The molecule has 0 amide bonds. The lowest BCUT2D eigenvalue weighted by Gasteiger charge is -2.31. The van der Waals surface area contributed by atoms with E-state index in [9.17, 15) is 14.0 Å². The minimum absolute atomic E-state index is 0.0340. The van der Waals surface area contributed by atoms with Gasteiger partial charge in [-0.1, -0.05) is 23.7 Å². The second kappa shape index (κ2) is 8.57. The molecule has 2 rings (SSSR count). The van der Waals surface area contributed by atoms with Crippen molar-refractivity contribution in [3.8, 4) is 0 Å². The summed E-state index contributed by atoms with van der Waals surface area (Å²) in [4.78, 5) is 25.3. The summed E-state index contributed by atoms with van der Waals surface area (Å²) in [5, 5.41) is 3.30. The predicted molar refractivity (Wildman–Crippen MR) is 101 cm³/mol. The fraction of sp³-hybridized carbons (Fsp3) is 0.400. The summed E-state index contributed by atoms with van der Waals surface area (Å²) >= 11 is 6.26. The van der Waals surface area contributed by atoms with Gasteiger partial charge in [-0.05, 0) is 44.9 Å². The Morgan fingerprint density at radius 2 is 1.89 bits per heavy atom. The molecule has 0 bridgehead atoms. The molecule has 1 N–H and O–H groups in total. The molecule has 0 spiro atoms. The second-order valence-corrected chi connectivity index (χ2v) is 6.93. The fourth-order valence-electron chi connectivity index (χ4n) is 3.15. The van der Waals surface area contributed by atoms with Crippen molar-refractivity contribution < 1.29 is 23.5 Å². The number of dihydropyridines is 1. The van der Waals surface area contributed by atoms with Crippen LogP contribution in [0.5, 0.6) is 0 Å². The molecule has 1 aromatic rings. The van der Waals surface area contributed by atoms with E-state index in [2.05, 4.69) is 5.32 Å². The lowest BCUT2D eigenvalue weighted by atomic mass is 9.78. The van der Waals surface area contributed by atoms with E-state index in [-0.39, 0.29) is 22.9 Å². The SMILES string of the molecule is COC(=O)C1=C(CF)NC(C)=C(C(=O)OC(C)C)C1c1cccc(Cl)c1C. The van der Waals surface area contributed by atoms with Gasteiger partial charge in [-0.15, -0.1) is 0 Å². The van der Waals surface area contributed by atoms with E-state index < -0.39 is 24.5 Å². The summed E-state index contributed by atoms with van der Waals surface area (Å²) < 4.78 is 24.0. The van der Waals surface area contributed by atoms with Crippen molar-refractivity contribution in [3.63, 3.8) is 0 Å². The third kappa shape index (κ3) is 4.16. The first-order valence-corrected chi connectivity index (χ1v) is 8.91. The van der Waals surface area contributed by atoms with Crippen LogP contribution < -0.4 is 5.32 Å². The number of hydrogen-bond acceptors (Lipinski definition) is 5. The molecule has 1 unspecified atom stereocenters. The van der Waals surface area contributed by atoms with Gasteiger partial charge in [-0.2, -0.15) is 0 Å². The molecule has 1 atom stereocenters. The van der Waals surface area contributed by atoms with Gasteiger partial charge in [0, 0.05) is 10.7 Å². The van der Waals surface area contributed by atoms with Gasteiger partial charge in [0.05, 0.1) is 36.0 Å². The van der Waals surface area contributed by atoms with E-state index >= 15 is 0 Å². The summed E-state index contributed by atoms with van der Waals surface area (Å²) in [5.74, 6) is -2.16. The summed E-state index contributed by atoms with van der Waals surface area (Å²) in [6.07, 6.45) is -0.355. The van der Waals surface area contributed by atoms with Crippen LogP contribution in [0.1, 0.15) is 37.8 Å². The molecule has 0 aliphatic carbocycles. The van der Waals surface area contributed by atoms with Gasteiger partial charge in [0.25, 0.3) is 0 Å². The Bertz CT molecular complexity index is 829. The third-order valence-electron chi connectivity index (χ3n) is 4.37. The molecule has 5 nitrogen and oxygen atoms in total. The third-order valence-corrected chi connectivity index (χ3v) is 4.78. The van der Waals surface area contributed by atoms with Gasteiger partial charge in [0.2, 0.25) is 0 Å². The number of ether oxygens (including phenoxy) is 2. The van der Waals surface area contributed by atoms with E-state index in [1.54, 1.807) is 45.9 Å². The number of nitrogens with one attached hydrogen (secondary N) is 1. The zero-order chi connectivity index (χ0) is 20.3. The highest BCUT2D eigenvalue weighted by atomic mass is 35.5. The van der Waals surface area contributed by atoms with E-state index in [1.165, 1.54) is 7.11 Å². The molecule has 146 valence electrons. The lowest BCUT2D eigenvalue weighted by molar-refractivity contribution is -0.143. The first-order valence-electron chi connectivity index (χ1n) is 8.53. The molecule has 7 heteroatoms. The maximum absolute atomic E-state index is 13.7. The maximum Gasteiger partial charge on any atom is 0.337 e. The van der Waals surface area contributed by atoms with Gasteiger partial charge >= 0.3 is 11.9 Å². The first-order chi connectivity index (χ1) is 12.7. The number of halogens is 2. The largest absolute Gasteiger partial charge is 0.466 e. The van der Waals surface area contributed by atoms with Crippen LogP contribution in [0.4, 0.5) is 4.39 Å². The van der Waals surface area contributed by atoms with E-state index in [0.717, 1.165) is 0 Å². The van der Waals surface area contributed by atoms with Crippen LogP contribution in [0.3, 0.4) is 0 Å². The Hall–Kier alpha value is -2.34. The van der Waals surface area contributed by atoms with Crippen molar-refractivity contribution in [2.24, 2.45) is 0 Å². The van der Waals surface area contributed by atoms with E-state index in [1.807, 2.05) is 0 Å². The normalized spacial score (nSPS) is 17.1. The molecule has 0 radical (unpaired) electrons. The molecule has 27 heavy (non-hydrogen) atoms. The molecular weight excluding hydrogens is 373 g/mol. The highest BCUT2D eigenvalue weighted by molar-refractivity contribution is 6.31. The molecule has 0 aromatic heterocycles. The number of carbonyl (C=O) groups is 2. The van der Waals surface area contributed by atoms with E-state index in [0.29, 0.717) is 21.8 Å². The van der Waals surface area contributed by atoms with Gasteiger partial charge < -0.3 is 14.8 Å². The van der Waals surface area contributed by atoms with Crippen LogP contribution in [0, 0.1) is 6.92 Å². The molecular formula is C20H23ClFNO4. The molecule has 1 aromatic carbocycles. The van der Waals surface area contributed by atoms with Crippen molar-refractivity contribution in [3.05, 3.63) is 56.9 Å². The summed E-state index contributed by atoms with van der Waals surface area (Å²) in [5.41, 5.74) is 2.05. The molecule has 0 saturated carbocycles. The number of hydrogen-bond donors (Lipinski definition) is 1. The Kier molecular flexibility index (Phi) is 6.65. The smallest absolute Gasteiger partial charge is 0.337 e. The number of rotatable bonds is 5. The minimum Gasteiger partial charge on any atom is -0.466 e. The zero-order valence-electron chi connectivity index (χ0n) is 16.0. The Morgan fingerprint density at radius 3 is 2.44 bits per heavy atom. The number of benzene rings is 1. The van der Waals surface area contributed by atoms with Gasteiger partial charge in [-0.25, -0.2) is 14.0 Å². The average Bonchev–Trinajstić information content (AvgIpc) is 2.61. The van der Waals surface area contributed by atoms with Crippen LogP contribution in [-0.2, 0) is 19.1 Å². The monoisotopic (exact) mass is 395 g/mol. The number of esters is 2. The van der Waals surface area contributed by atoms with Crippen molar-refractivity contribution >= 4 is 23.5 Å². The van der Waals surface area contributed by atoms with Crippen molar-refractivity contribution in [2.75, 3.05) is 13.8 Å². The molecule has 0 fully saturated rings. The summed E-state index contributed by atoms with van der Waals surface area (Å²) in [6.45, 7) is 5.98. The Balaban J connectivity index is 2.77. The van der Waals surface area contributed by atoms with Crippen molar-refractivity contribution in [1.29, 1.82) is 0 Å². The second-order valence-electron chi connectivity index (χ2n) is 6.52. The molecule has 0 saturated heterocycles. The number of methoxy groups -OCH3 is 1. The quantitative estimate of drug-likeness (QED) is 0.764. The van der Waals surface area contributed by atoms with Crippen LogP contribution in [-0.4, -0.2) is 31.8 Å². The first kappa shape index (κ1) is 21.0. The van der Waals surface area contributed by atoms with Gasteiger partial charge in [0.15, 0.2) is 0 Å². The summed E-state index contributed by atoms with van der Waals surface area (Å²) in [7, 11) is 1.21. The maximum atomic E-state index is 13.7. The average molecular weight is 396 g/mol. The summed E-state index contributed by atoms with van der Waals surface area (Å²) in [6, 6.07) is 5.19. The number of carbonyl (C=O) groups excluding carboxylic acids is 2. The Morgan fingerprint density at radius 1 is 1.22 bits per heavy atom. The standard InChI is InChI=1S/C20H23ClFNO4/c1-10(2)27-20(25)16-12(4)23-15(9-22)18(19(24)26-5)17(16)13-7-6-8-14(21)11(13)3/h6-8,10,17,23H,9H2,1-5H3. The lowest BCUT2D eigenvalue weighted by Crippen LogP contribution is -2.34. The van der Waals surface area contributed by atoms with Crippen molar-refractivity contribution in [1.82, 2.24) is 5.32 Å². The molecule has 1 aliphatic rings. The minimum atomic E-state index is -0.912. The molecule has 1 heterocycles. The fourth-order valence-corrected chi connectivity index (χ4v) is 3.33. The van der Waals surface area contributed by atoms with Crippen LogP contribution >= 0.6 is 11.6 Å². The van der Waals surface area contributed by atoms with Crippen molar-refractivity contribution in [2.45, 2.75) is 39.7 Å². The number of alkyl halides is 1. The molecule has 1 aliphatic heterocycles. The van der Waals surface area contributed by atoms with Gasteiger partial charge in [0.1, 0.15) is 6.67 Å². The van der Waals surface area contributed by atoms with Crippen LogP contribution in [0.2, 0.25) is 5.02 Å². The van der Waals surface area contributed by atoms with E-state index in [4.69, 9.17) is 21.1 Å². The topological polar surface area (TPSA) is 64.6 Å². The Labute approximate surface area is 163 Å². The predicted octanol–water partition coefficient (Wildman–Crippen LogP) is 3.96. The van der Waals surface area contributed by atoms with Crippen LogP contribution in [0.25, 0.3) is 0 Å². The number of allylic oxidation sites excluding steroid dienone is 2. The van der Waals surface area contributed by atoms with Crippen LogP contribution in [0.15, 0.2) is 40.7 Å². The highest BCUT2D eigenvalue weighted by Gasteiger charge is 2.39.